The normalized spacial score (nSPS) is 17.8. The molecule has 1 atom stereocenters. The Hall–Kier alpha value is -2.87. The Bertz CT molecular complexity index is 892. The fourth-order valence-corrected chi connectivity index (χ4v) is 3.57. The van der Waals surface area contributed by atoms with E-state index in [4.69, 9.17) is 4.98 Å². The number of hydrogen-bond acceptors (Lipinski definition) is 7. The summed E-state index contributed by atoms with van der Waals surface area (Å²) < 4.78 is 1.94. The van der Waals surface area contributed by atoms with E-state index in [1.54, 1.807) is 18.5 Å². The van der Waals surface area contributed by atoms with Gasteiger partial charge in [-0.2, -0.15) is 5.10 Å². The summed E-state index contributed by atoms with van der Waals surface area (Å²) in [6.45, 7) is 4.94. The van der Waals surface area contributed by atoms with Crippen molar-refractivity contribution in [3.05, 3.63) is 54.0 Å². The van der Waals surface area contributed by atoms with E-state index >= 15 is 0 Å². The third kappa shape index (κ3) is 4.28. The molecule has 1 fully saturated rings. The zero-order valence-corrected chi connectivity index (χ0v) is 15.7. The van der Waals surface area contributed by atoms with Gasteiger partial charge < -0.3 is 5.32 Å². The molecule has 3 aromatic heterocycles. The molecule has 1 N–H and O–H groups in total. The molecule has 0 unspecified atom stereocenters. The lowest BCUT2D eigenvalue weighted by atomic mass is 9.94. The van der Waals surface area contributed by atoms with Gasteiger partial charge in [0.1, 0.15) is 11.6 Å². The highest BCUT2D eigenvalue weighted by Crippen LogP contribution is 2.28. The Kier molecular flexibility index (Phi) is 5.06. The van der Waals surface area contributed by atoms with Crippen molar-refractivity contribution < 1.29 is 0 Å². The van der Waals surface area contributed by atoms with Crippen LogP contribution in [0.15, 0.2) is 36.8 Å². The summed E-state index contributed by atoms with van der Waals surface area (Å²) >= 11 is 0. The van der Waals surface area contributed by atoms with Gasteiger partial charge in [-0.05, 0) is 38.4 Å². The van der Waals surface area contributed by atoms with Crippen LogP contribution >= 0.6 is 0 Å². The molecule has 4 rings (SSSR count). The van der Waals surface area contributed by atoms with Crippen molar-refractivity contribution in [2.75, 3.05) is 18.4 Å². The summed E-state index contributed by atoms with van der Waals surface area (Å²) in [6, 6.07) is 5.91. The molecule has 0 saturated carbocycles. The largest absolute Gasteiger partial charge is 0.309 e. The Balaban J connectivity index is 1.49. The number of likely N-dealkylation sites (tertiary alicyclic amines) is 1. The first-order chi connectivity index (χ1) is 13.2. The van der Waals surface area contributed by atoms with E-state index in [1.807, 2.05) is 30.9 Å². The second kappa shape index (κ2) is 7.79. The predicted molar refractivity (Wildman–Crippen MR) is 103 cm³/mol. The number of piperidine rings is 1. The fourth-order valence-electron chi connectivity index (χ4n) is 3.57. The zero-order valence-electron chi connectivity index (χ0n) is 15.7. The highest BCUT2D eigenvalue weighted by atomic mass is 15.3. The molecular formula is C19H24N8. The van der Waals surface area contributed by atoms with Crippen molar-refractivity contribution >= 4 is 11.8 Å². The molecule has 4 heterocycles. The van der Waals surface area contributed by atoms with E-state index in [0.717, 1.165) is 49.8 Å². The van der Waals surface area contributed by atoms with Gasteiger partial charge in [0.25, 0.3) is 0 Å². The standard InChI is InChI=1S/C19H24N8/c1-14-23-17(11-18(24-14)25-19-20-7-4-8-21-19)15-5-3-10-27(12-15)13-16-6-9-22-26(16)2/h4,6-9,11,15H,3,5,10,12-13H2,1-2H3,(H,20,21,23,24,25)/t15-/m1/s1. The molecule has 1 aliphatic rings. The molecule has 3 aromatic rings. The van der Waals surface area contributed by atoms with Crippen molar-refractivity contribution in [2.24, 2.45) is 7.05 Å². The molecule has 0 bridgehead atoms. The Morgan fingerprint density at radius 1 is 1.19 bits per heavy atom. The fraction of sp³-hybridized carbons (Fsp3) is 0.421. The number of hydrogen-bond donors (Lipinski definition) is 1. The van der Waals surface area contributed by atoms with Crippen LogP contribution in [0.25, 0.3) is 0 Å². The third-order valence-electron chi connectivity index (χ3n) is 4.90. The molecule has 27 heavy (non-hydrogen) atoms. The minimum atomic E-state index is 0.394. The van der Waals surface area contributed by atoms with Gasteiger partial charge in [-0.15, -0.1) is 0 Å². The minimum Gasteiger partial charge on any atom is -0.309 e. The van der Waals surface area contributed by atoms with Gasteiger partial charge in [-0.25, -0.2) is 19.9 Å². The molecule has 8 nitrogen and oxygen atoms in total. The van der Waals surface area contributed by atoms with Crippen LogP contribution in [0.3, 0.4) is 0 Å². The topological polar surface area (TPSA) is 84.7 Å². The van der Waals surface area contributed by atoms with Crippen molar-refractivity contribution in [1.82, 2.24) is 34.6 Å². The van der Waals surface area contributed by atoms with Gasteiger partial charge in [-0.1, -0.05) is 0 Å². The lowest BCUT2D eigenvalue weighted by Crippen LogP contribution is -2.34. The van der Waals surface area contributed by atoms with Crippen molar-refractivity contribution in [3.63, 3.8) is 0 Å². The molecule has 8 heteroatoms. The summed E-state index contributed by atoms with van der Waals surface area (Å²) in [6.07, 6.45) is 7.58. The van der Waals surface area contributed by atoms with Crippen LogP contribution in [0, 0.1) is 6.92 Å². The van der Waals surface area contributed by atoms with E-state index < -0.39 is 0 Å². The average molecular weight is 364 g/mol. The van der Waals surface area contributed by atoms with Crippen molar-refractivity contribution in [1.29, 1.82) is 0 Å². The van der Waals surface area contributed by atoms with E-state index in [1.165, 1.54) is 5.69 Å². The summed E-state index contributed by atoms with van der Waals surface area (Å²) in [5.41, 5.74) is 2.31. The smallest absolute Gasteiger partial charge is 0.228 e. The SMILES string of the molecule is Cc1nc(Nc2ncccn2)cc([C@@H]2CCCN(Cc3ccnn3C)C2)n1. The first-order valence-corrected chi connectivity index (χ1v) is 9.26. The maximum atomic E-state index is 4.71. The van der Waals surface area contributed by atoms with Crippen LogP contribution in [0.1, 0.15) is 36.0 Å². The molecule has 0 amide bonds. The highest BCUT2D eigenvalue weighted by molar-refractivity contribution is 5.48. The zero-order chi connectivity index (χ0) is 18.6. The first-order valence-electron chi connectivity index (χ1n) is 9.26. The van der Waals surface area contributed by atoms with Crippen LogP contribution in [-0.4, -0.2) is 47.7 Å². The molecular weight excluding hydrogens is 340 g/mol. The monoisotopic (exact) mass is 364 g/mol. The van der Waals surface area contributed by atoms with Gasteiger partial charge in [0, 0.05) is 50.7 Å². The number of aryl methyl sites for hydroxylation is 2. The molecule has 0 spiro atoms. The third-order valence-corrected chi connectivity index (χ3v) is 4.90. The van der Waals surface area contributed by atoms with Gasteiger partial charge >= 0.3 is 0 Å². The lowest BCUT2D eigenvalue weighted by Gasteiger charge is -2.32. The minimum absolute atomic E-state index is 0.394. The number of anilines is 2. The van der Waals surface area contributed by atoms with Crippen LogP contribution in [0.2, 0.25) is 0 Å². The average Bonchev–Trinajstić information content (AvgIpc) is 3.07. The maximum absolute atomic E-state index is 4.71. The van der Waals surface area contributed by atoms with Crippen LogP contribution in [-0.2, 0) is 13.6 Å². The van der Waals surface area contributed by atoms with E-state index in [2.05, 4.69) is 36.3 Å². The summed E-state index contributed by atoms with van der Waals surface area (Å²) in [5, 5.41) is 7.45. The predicted octanol–water partition coefficient (Wildman–Crippen LogP) is 2.43. The lowest BCUT2D eigenvalue weighted by molar-refractivity contribution is 0.194. The highest BCUT2D eigenvalue weighted by Gasteiger charge is 2.24. The van der Waals surface area contributed by atoms with Crippen molar-refractivity contribution in [3.8, 4) is 0 Å². The number of nitrogens with zero attached hydrogens (tertiary/aromatic N) is 7. The Morgan fingerprint density at radius 2 is 2.04 bits per heavy atom. The molecule has 1 saturated heterocycles. The number of rotatable bonds is 5. The van der Waals surface area contributed by atoms with Crippen LogP contribution < -0.4 is 5.32 Å². The van der Waals surface area contributed by atoms with E-state index in [0.29, 0.717) is 11.9 Å². The van der Waals surface area contributed by atoms with E-state index in [-0.39, 0.29) is 0 Å². The maximum Gasteiger partial charge on any atom is 0.228 e. The second-order valence-electron chi connectivity index (χ2n) is 6.94. The first kappa shape index (κ1) is 17.5. The number of aromatic nitrogens is 6. The Morgan fingerprint density at radius 3 is 2.81 bits per heavy atom. The van der Waals surface area contributed by atoms with Crippen molar-refractivity contribution in [2.45, 2.75) is 32.2 Å². The molecule has 0 aliphatic carbocycles. The van der Waals surface area contributed by atoms with E-state index in [9.17, 15) is 0 Å². The number of nitrogens with one attached hydrogen (secondary N) is 1. The molecule has 0 radical (unpaired) electrons. The van der Waals surface area contributed by atoms with Gasteiger partial charge in [0.2, 0.25) is 5.95 Å². The molecule has 0 aromatic carbocycles. The summed E-state index contributed by atoms with van der Waals surface area (Å²) in [5.74, 6) is 2.44. The molecule has 1 aliphatic heterocycles. The molecule has 140 valence electrons. The summed E-state index contributed by atoms with van der Waals surface area (Å²) in [7, 11) is 1.99. The van der Waals surface area contributed by atoms with Gasteiger partial charge in [-0.3, -0.25) is 9.58 Å². The second-order valence-corrected chi connectivity index (χ2v) is 6.94. The van der Waals surface area contributed by atoms with Gasteiger partial charge in [0.05, 0.1) is 11.4 Å². The van der Waals surface area contributed by atoms with Crippen LogP contribution in [0.4, 0.5) is 11.8 Å². The summed E-state index contributed by atoms with van der Waals surface area (Å²) in [4.78, 5) is 20.1. The van der Waals surface area contributed by atoms with Crippen LogP contribution in [0.5, 0.6) is 0 Å². The quantitative estimate of drug-likeness (QED) is 0.744. The Labute approximate surface area is 158 Å². The van der Waals surface area contributed by atoms with Gasteiger partial charge in [0.15, 0.2) is 0 Å².